The van der Waals surface area contributed by atoms with Gasteiger partial charge in [-0.25, -0.2) is 0 Å². The Morgan fingerprint density at radius 3 is 0.856 bits per heavy atom. The van der Waals surface area contributed by atoms with E-state index in [2.05, 4.69) is 21.3 Å². The largest absolute Gasteiger partial charge is 0.394 e. The van der Waals surface area contributed by atoms with Crippen LogP contribution < -0.4 is 21.3 Å². The first kappa shape index (κ1) is 108. The minimum absolute atomic E-state index is 0.857. The number of amides is 4. The topological polar surface area (TPSA) is 897 Å². The first-order chi connectivity index (χ1) is 62.4. The van der Waals surface area contributed by atoms with Crippen LogP contribution in [-0.2, 0) is 119 Å². The molecule has 11 rings (SSSR count). The molecule has 0 radical (unpaired) electrons. The van der Waals surface area contributed by atoms with Crippen molar-refractivity contribution in [3.8, 4) is 0 Å². The lowest BCUT2D eigenvalue weighted by Gasteiger charge is -2.51. The van der Waals surface area contributed by atoms with Crippen molar-refractivity contribution in [3.05, 3.63) is 0 Å². The molecule has 0 bridgehead atoms. The number of aliphatic hydroxyl groups excluding tert-OH is 29. The molecule has 55 atom stereocenters. The predicted molar refractivity (Wildman–Crippen MR) is 406 cm³/mol. The van der Waals surface area contributed by atoms with Gasteiger partial charge in [0.15, 0.2) is 69.2 Å². The molecule has 11 fully saturated rings. The Morgan fingerprint density at radius 2 is 0.462 bits per heavy atom. The molecule has 58 nitrogen and oxygen atoms in total. The van der Waals surface area contributed by atoms with Crippen LogP contribution in [0.4, 0.5) is 0 Å². The Bertz CT molecular complexity index is 3610. The van der Waals surface area contributed by atoms with Gasteiger partial charge in [0, 0.05) is 27.7 Å². The van der Waals surface area contributed by atoms with Crippen LogP contribution in [0, 0.1) is 0 Å². The van der Waals surface area contributed by atoms with Crippen molar-refractivity contribution in [3.63, 3.8) is 0 Å². The lowest BCUT2D eigenvalue weighted by atomic mass is 9.93. The van der Waals surface area contributed by atoms with Crippen molar-refractivity contribution in [2.75, 3.05) is 59.5 Å². The summed E-state index contributed by atoms with van der Waals surface area (Å²) in [5, 5.41) is 335. The molecule has 4 amide bonds. The Kier molecular flexibility index (Phi) is 38.5. The van der Waals surface area contributed by atoms with Crippen LogP contribution in [-0.4, -0.2) is 569 Å². The highest BCUT2D eigenvalue weighted by molar-refractivity contribution is 5.74. The van der Waals surface area contributed by atoms with Crippen molar-refractivity contribution >= 4 is 23.6 Å². The summed E-state index contributed by atoms with van der Waals surface area (Å²) in [5.41, 5.74) is 0. The molecule has 0 aromatic heterocycles. The molecule has 0 aromatic rings. The number of carbonyl (C=O) groups is 4. The number of aliphatic hydroxyl groups is 29. The van der Waals surface area contributed by atoms with Gasteiger partial charge in [-0.15, -0.1) is 0 Å². The van der Waals surface area contributed by atoms with Gasteiger partial charge in [-0.1, -0.05) is 0 Å². The Hall–Kier alpha value is -4.12. The third-order valence-corrected chi connectivity index (χ3v) is 24.5. The van der Waals surface area contributed by atoms with E-state index < -0.39 is 421 Å². The Morgan fingerprint density at radius 1 is 0.212 bits per heavy atom. The Balaban J connectivity index is 0.923. The second-order valence-electron chi connectivity index (χ2n) is 33.8. The van der Waals surface area contributed by atoms with E-state index in [4.69, 9.17) is 99.5 Å². The highest BCUT2D eigenvalue weighted by Gasteiger charge is 2.63. The lowest BCUT2D eigenvalue weighted by Crippen LogP contribution is -2.71. The Labute approximate surface area is 748 Å². The standard InChI is InChI=1S/C74H124N4O54/c1-16-35(90)46(101)52(107)68(114-16)112-15-30-59(42(97)31(64(111)116-30)75-18(3)86)125-65-32(76-19(4)87)43(98)57(27(12-84)121-65)127-71-55(110)60(41(96)29(124-71)14-113-72-61(49(104)38(93)23(8-80)118-72)130-66-33(77-20(5)88)44(99)56(26(11-83)122-66)126-70-54(109)48(103)37(92)22(7-79)117-70)129-74-62(50(105)39(94)25(10-82)120-74)131-67-34(78-21(6)89)45(100)58(28(13-85)123-67)128-73-63(51(106)40(95)24(9-81)119-73)132-69-53(108)47(102)36(91)17(2)115-69/h16-17,22-74,79-85,90-111H,7-15H2,1-6H3,(H,75,86)(H,76,87)(H,77,88)(H,78,89)/t16-,17-,22+,23+,24+,25+,26+,27+,28+,29+,30+,31+,32+,33+,34+,35+,36+,37-,38+,39+,40-,41+,42+,43+,44+,45+,46+,47+,48-,49-,50-,51-,52-,53-,54+,55-,56+,57+,58+,59+,60-,61-,62-,63+,64?,65-,66-,67-,68+,69-,70-,71-,72-,73-,74+/m0/s1. The maximum atomic E-state index is 13.3. The van der Waals surface area contributed by atoms with Crippen molar-refractivity contribution < 1.29 is 267 Å². The number of rotatable bonds is 33. The molecular formula is C74H124N4O54. The van der Waals surface area contributed by atoms with Gasteiger partial charge in [0.25, 0.3) is 0 Å². The molecule has 11 aliphatic rings. The fourth-order valence-electron chi connectivity index (χ4n) is 17.2. The third-order valence-electron chi connectivity index (χ3n) is 24.5. The molecule has 132 heavy (non-hydrogen) atoms. The number of hydrogen-bond donors (Lipinski definition) is 33. The summed E-state index contributed by atoms with van der Waals surface area (Å²) >= 11 is 0. The van der Waals surface area contributed by atoms with Crippen molar-refractivity contribution in [2.24, 2.45) is 0 Å². The van der Waals surface area contributed by atoms with Gasteiger partial charge >= 0.3 is 0 Å². The highest BCUT2D eigenvalue weighted by atomic mass is 16.8. The van der Waals surface area contributed by atoms with Gasteiger partial charge in [0.2, 0.25) is 23.6 Å². The molecule has 11 aliphatic heterocycles. The molecule has 11 saturated heterocycles. The van der Waals surface area contributed by atoms with Gasteiger partial charge in [-0.05, 0) is 13.8 Å². The van der Waals surface area contributed by atoms with E-state index in [0.717, 1.165) is 27.7 Å². The normalized spacial score (nSPS) is 50.4. The second kappa shape index (κ2) is 47.0. The summed E-state index contributed by atoms with van der Waals surface area (Å²) in [7, 11) is 0. The minimum Gasteiger partial charge on any atom is -0.394 e. The SMILES string of the molecule is CC(=O)N[C@H]1[C@H](O[C@H]2[C@H](O)[C@@H](NC(C)=O)C(O)O[C@@H]2CO[C@@H]2O[C@@H](C)[C@@H](O)[C@@H](O)[C@@H]2O)O[C@H](CO)[C@@H](O[C@@H]2O[C@H](CO[C@H]3O[C@H](CO)[C@@H](O)[C@H](O)[C@@H]3O[C@@H]3O[C@H](CO)[C@@H](O[C@@H]4O[C@H](CO)[C@H](O)[C@H](O)[C@H]4O)[C@H](O)[C@H]3NC(C)=O)[C@@H](O)[C@H](O[C@H]3O[C@H](CO)[C@@H](O)[C@H](O)[C@@H]3O[C@@H]3O[C@H](CO)[C@@H](O[C@@H]4O[C@H](CO)[C@H](O)[C@H](O)[C@H]4O[C@@H]4O[C@@H](C)[C@@H](O)[C@@H](O)[C@@H]4O)[C@H](O)[C@H]3NC(C)=O)[C@@H]2O)[C@@H]1O. The predicted octanol–water partition coefficient (Wildman–Crippen LogP) is -22.3. The smallest absolute Gasteiger partial charge is 0.217 e. The molecule has 764 valence electrons. The van der Waals surface area contributed by atoms with Crippen LogP contribution in [0.15, 0.2) is 0 Å². The summed E-state index contributed by atoms with van der Waals surface area (Å²) in [6, 6.07) is -7.85. The van der Waals surface area contributed by atoms with Crippen LogP contribution in [0.25, 0.3) is 0 Å². The molecule has 11 heterocycles. The first-order valence-electron chi connectivity index (χ1n) is 42.4. The zero-order valence-electron chi connectivity index (χ0n) is 71.3. The summed E-state index contributed by atoms with van der Waals surface area (Å²) in [5.74, 6) is -3.85. The van der Waals surface area contributed by atoms with Crippen molar-refractivity contribution in [2.45, 2.75) is 379 Å². The van der Waals surface area contributed by atoms with Gasteiger partial charge < -0.3 is 269 Å². The quantitative estimate of drug-likeness (QED) is 0.0290. The molecule has 0 aromatic carbocycles. The van der Waals surface area contributed by atoms with Crippen molar-refractivity contribution in [1.82, 2.24) is 21.3 Å². The fourth-order valence-corrected chi connectivity index (χ4v) is 17.2. The van der Waals surface area contributed by atoms with E-state index in [9.17, 15) is 167 Å². The van der Waals surface area contributed by atoms with Crippen LogP contribution in [0.3, 0.4) is 0 Å². The van der Waals surface area contributed by atoms with Gasteiger partial charge in [0.05, 0.1) is 71.7 Å². The van der Waals surface area contributed by atoms with Gasteiger partial charge in [-0.2, -0.15) is 0 Å². The molecule has 0 aliphatic carbocycles. The lowest BCUT2D eigenvalue weighted by molar-refractivity contribution is -0.401. The average molecular weight is 1930 g/mol. The fraction of sp³-hybridized carbons (Fsp3) is 0.946. The summed E-state index contributed by atoms with van der Waals surface area (Å²) < 4.78 is 125. The van der Waals surface area contributed by atoms with E-state index in [0.29, 0.717) is 0 Å². The van der Waals surface area contributed by atoms with E-state index in [1.54, 1.807) is 0 Å². The van der Waals surface area contributed by atoms with Gasteiger partial charge in [0.1, 0.15) is 256 Å². The number of hydrogen-bond acceptors (Lipinski definition) is 54. The second-order valence-corrected chi connectivity index (χ2v) is 33.8. The van der Waals surface area contributed by atoms with E-state index in [1.807, 2.05) is 0 Å². The first-order valence-corrected chi connectivity index (χ1v) is 42.4. The van der Waals surface area contributed by atoms with E-state index >= 15 is 0 Å². The molecule has 1 unspecified atom stereocenters. The van der Waals surface area contributed by atoms with Crippen LogP contribution >= 0.6 is 0 Å². The maximum Gasteiger partial charge on any atom is 0.217 e. The zero-order valence-corrected chi connectivity index (χ0v) is 71.3. The molecule has 58 heteroatoms. The summed E-state index contributed by atoms with van der Waals surface area (Å²) in [4.78, 5) is 52.1. The number of ether oxygens (including phenoxy) is 21. The number of carbonyl (C=O) groups excluding carboxylic acids is 4. The number of nitrogens with one attached hydrogen (secondary N) is 4. The van der Waals surface area contributed by atoms with Crippen LogP contribution in [0.2, 0.25) is 0 Å². The summed E-state index contributed by atoms with van der Waals surface area (Å²) in [6.45, 7) is -3.95. The third kappa shape index (κ3) is 23.7. The monoisotopic (exact) mass is 1930 g/mol. The molecule has 0 saturated carbocycles. The molecule has 33 N–H and O–H groups in total. The van der Waals surface area contributed by atoms with Crippen molar-refractivity contribution in [1.29, 1.82) is 0 Å². The zero-order chi connectivity index (χ0) is 97.1. The van der Waals surface area contributed by atoms with Gasteiger partial charge in [-0.3, -0.25) is 19.2 Å². The van der Waals surface area contributed by atoms with E-state index in [-0.39, 0.29) is 0 Å². The van der Waals surface area contributed by atoms with Crippen LogP contribution in [0.5, 0.6) is 0 Å². The molecular weight excluding hydrogens is 1810 g/mol. The van der Waals surface area contributed by atoms with Crippen LogP contribution in [0.1, 0.15) is 41.5 Å². The average Bonchev–Trinajstić information content (AvgIpc) is 0.767. The van der Waals surface area contributed by atoms with E-state index in [1.165, 1.54) is 13.8 Å². The maximum absolute atomic E-state index is 13.3. The minimum atomic E-state index is -2.67. The molecule has 0 spiro atoms. The highest BCUT2D eigenvalue weighted by Crippen LogP contribution is 2.42. The summed E-state index contributed by atoms with van der Waals surface area (Å²) in [6.07, 6.45) is -106.